The summed E-state index contributed by atoms with van der Waals surface area (Å²) in [5, 5.41) is 12.9. The van der Waals surface area contributed by atoms with Gasteiger partial charge in [-0.05, 0) is 29.1 Å². The number of benzene rings is 1. The van der Waals surface area contributed by atoms with Gasteiger partial charge in [0.15, 0.2) is 5.82 Å². The second-order valence-corrected chi connectivity index (χ2v) is 6.25. The first-order valence-corrected chi connectivity index (χ1v) is 8.40. The van der Waals surface area contributed by atoms with Gasteiger partial charge in [0.05, 0.1) is 9.80 Å². The first kappa shape index (κ1) is 15.2. The van der Waals surface area contributed by atoms with Crippen LogP contribution in [0.5, 0.6) is 0 Å². The molecular weight excluding hydrogens is 336 g/mol. The van der Waals surface area contributed by atoms with Crippen LogP contribution in [0.15, 0.2) is 71.2 Å². The minimum Gasteiger partial charge on any atom is -0.284 e. The van der Waals surface area contributed by atoms with E-state index in [9.17, 15) is 10.1 Å². The van der Waals surface area contributed by atoms with Crippen LogP contribution in [0.1, 0.15) is 5.56 Å². The number of aliphatic imine (C=N–C) groups is 1. The lowest BCUT2D eigenvalue weighted by Gasteiger charge is -1.98. The summed E-state index contributed by atoms with van der Waals surface area (Å²) in [6.07, 6.45) is 3.53. The second kappa shape index (κ2) is 6.29. The highest BCUT2D eigenvalue weighted by Gasteiger charge is 2.13. The highest BCUT2D eigenvalue weighted by atomic mass is 32.1. The van der Waals surface area contributed by atoms with Crippen LogP contribution in [-0.4, -0.2) is 20.5 Å². The molecule has 0 fully saturated rings. The molecule has 4 rings (SSSR count). The standard InChI is InChI=1S/C18H12N4O2S/c23-22(24)14-6-3-5-13(11-14)12-19-18-17(15-7-4-10-25-15)20-16-8-1-2-9-21(16)18/h1-12H. The lowest BCUT2D eigenvalue weighted by Crippen LogP contribution is -1.90. The molecule has 4 aromatic rings. The Hall–Kier alpha value is -3.32. The molecule has 0 aliphatic carbocycles. The molecule has 0 aliphatic rings. The molecule has 7 heteroatoms. The van der Waals surface area contributed by atoms with E-state index in [1.165, 1.54) is 12.1 Å². The Labute approximate surface area is 146 Å². The van der Waals surface area contributed by atoms with Gasteiger partial charge in [0.1, 0.15) is 11.3 Å². The molecule has 0 amide bonds. The zero-order valence-electron chi connectivity index (χ0n) is 12.9. The smallest absolute Gasteiger partial charge is 0.270 e. The van der Waals surface area contributed by atoms with Gasteiger partial charge < -0.3 is 0 Å². The van der Waals surface area contributed by atoms with Gasteiger partial charge in [-0.3, -0.25) is 14.5 Å². The molecule has 0 bridgehead atoms. The summed E-state index contributed by atoms with van der Waals surface area (Å²) in [5.74, 6) is 0.699. The van der Waals surface area contributed by atoms with Gasteiger partial charge in [-0.1, -0.05) is 24.3 Å². The van der Waals surface area contributed by atoms with Gasteiger partial charge >= 0.3 is 0 Å². The lowest BCUT2D eigenvalue weighted by atomic mass is 10.2. The van der Waals surface area contributed by atoms with E-state index in [-0.39, 0.29) is 5.69 Å². The van der Waals surface area contributed by atoms with Crippen molar-refractivity contribution in [1.82, 2.24) is 9.38 Å². The largest absolute Gasteiger partial charge is 0.284 e. The average Bonchev–Trinajstić information content (AvgIpc) is 3.27. The summed E-state index contributed by atoms with van der Waals surface area (Å²) in [5.41, 5.74) is 2.30. The van der Waals surface area contributed by atoms with Gasteiger partial charge in [-0.25, -0.2) is 9.98 Å². The molecule has 0 atom stereocenters. The Bertz CT molecular complexity index is 1080. The molecule has 0 saturated heterocycles. The molecule has 25 heavy (non-hydrogen) atoms. The first-order valence-electron chi connectivity index (χ1n) is 7.52. The third-order valence-corrected chi connectivity index (χ3v) is 4.55. The number of fused-ring (bicyclic) bond motifs is 1. The third-order valence-electron chi connectivity index (χ3n) is 3.68. The van der Waals surface area contributed by atoms with Crippen molar-refractivity contribution >= 4 is 34.7 Å². The Morgan fingerprint density at radius 2 is 2.08 bits per heavy atom. The van der Waals surface area contributed by atoms with E-state index in [1.54, 1.807) is 29.7 Å². The molecule has 0 radical (unpaired) electrons. The van der Waals surface area contributed by atoms with Gasteiger partial charge in [-0.2, -0.15) is 0 Å². The Kier molecular flexibility index (Phi) is 3.83. The molecule has 1 aromatic carbocycles. The van der Waals surface area contributed by atoms with Crippen molar-refractivity contribution < 1.29 is 4.92 Å². The van der Waals surface area contributed by atoms with Crippen molar-refractivity contribution in [2.24, 2.45) is 4.99 Å². The third kappa shape index (κ3) is 2.92. The summed E-state index contributed by atoms with van der Waals surface area (Å²) >= 11 is 1.59. The van der Waals surface area contributed by atoms with Crippen molar-refractivity contribution in [3.8, 4) is 10.6 Å². The van der Waals surface area contributed by atoms with E-state index in [4.69, 9.17) is 0 Å². The summed E-state index contributed by atoms with van der Waals surface area (Å²) in [4.78, 5) is 20.8. The van der Waals surface area contributed by atoms with Crippen LogP contribution >= 0.6 is 11.3 Å². The number of nitrogens with zero attached hydrogens (tertiary/aromatic N) is 4. The van der Waals surface area contributed by atoms with Crippen molar-refractivity contribution in [2.75, 3.05) is 0 Å². The van der Waals surface area contributed by atoms with E-state index < -0.39 is 4.92 Å². The molecule has 0 saturated carbocycles. The van der Waals surface area contributed by atoms with Gasteiger partial charge in [-0.15, -0.1) is 11.3 Å². The number of nitro groups is 1. The summed E-state index contributed by atoms with van der Waals surface area (Å²) in [6.45, 7) is 0. The highest BCUT2D eigenvalue weighted by molar-refractivity contribution is 7.13. The zero-order chi connectivity index (χ0) is 17.2. The highest BCUT2D eigenvalue weighted by Crippen LogP contribution is 2.33. The molecule has 0 N–H and O–H groups in total. The maximum absolute atomic E-state index is 10.9. The minimum atomic E-state index is -0.414. The maximum atomic E-state index is 10.9. The van der Waals surface area contributed by atoms with Crippen molar-refractivity contribution in [3.63, 3.8) is 0 Å². The fraction of sp³-hybridized carbons (Fsp3) is 0. The van der Waals surface area contributed by atoms with Crippen LogP contribution < -0.4 is 0 Å². The molecule has 0 aliphatic heterocycles. The number of non-ortho nitro benzene ring substituents is 1. The predicted octanol–water partition coefficient (Wildman–Crippen LogP) is 4.72. The summed E-state index contributed by atoms with van der Waals surface area (Å²) in [6, 6.07) is 16.1. The SMILES string of the molecule is O=[N+]([O-])c1cccc(C=Nc2c(-c3cccs3)nc3ccccn23)c1. The van der Waals surface area contributed by atoms with Crippen LogP contribution in [0.2, 0.25) is 0 Å². The normalized spacial score (nSPS) is 11.4. The number of hydrogen-bond donors (Lipinski definition) is 0. The predicted molar refractivity (Wildman–Crippen MR) is 98.9 cm³/mol. The van der Waals surface area contributed by atoms with Crippen LogP contribution in [0.4, 0.5) is 11.5 Å². The van der Waals surface area contributed by atoms with Gasteiger partial charge in [0.2, 0.25) is 0 Å². The van der Waals surface area contributed by atoms with Crippen molar-refractivity contribution in [1.29, 1.82) is 0 Å². The lowest BCUT2D eigenvalue weighted by molar-refractivity contribution is -0.384. The Balaban J connectivity index is 1.82. The van der Waals surface area contributed by atoms with Gasteiger partial charge in [0, 0.05) is 24.5 Å². The molecule has 3 aromatic heterocycles. The number of imidazole rings is 1. The van der Waals surface area contributed by atoms with E-state index in [1.807, 2.05) is 46.3 Å². The zero-order valence-corrected chi connectivity index (χ0v) is 13.8. The van der Waals surface area contributed by atoms with Gasteiger partial charge in [0.25, 0.3) is 5.69 Å². The molecule has 6 nitrogen and oxygen atoms in total. The van der Waals surface area contributed by atoms with E-state index in [2.05, 4.69) is 9.98 Å². The topological polar surface area (TPSA) is 72.8 Å². The van der Waals surface area contributed by atoms with E-state index in [0.29, 0.717) is 11.4 Å². The average molecular weight is 348 g/mol. The van der Waals surface area contributed by atoms with Crippen LogP contribution in [0, 0.1) is 10.1 Å². The van der Waals surface area contributed by atoms with E-state index >= 15 is 0 Å². The minimum absolute atomic E-state index is 0.0422. The quantitative estimate of drug-likeness (QED) is 0.304. The number of aromatic nitrogens is 2. The molecule has 0 unspecified atom stereocenters. The number of hydrogen-bond acceptors (Lipinski definition) is 5. The Morgan fingerprint density at radius 1 is 1.16 bits per heavy atom. The first-order chi connectivity index (χ1) is 12.2. The van der Waals surface area contributed by atoms with Crippen LogP contribution in [0.25, 0.3) is 16.2 Å². The van der Waals surface area contributed by atoms with Crippen molar-refractivity contribution in [2.45, 2.75) is 0 Å². The number of pyridine rings is 1. The molecule has 0 spiro atoms. The maximum Gasteiger partial charge on any atom is 0.270 e. The fourth-order valence-electron chi connectivity index (χ4n) is 2.54. The molecule has 122 valence electrons. The van der Waals surface area contributed by atoms with E-state index in [0.717, 1.165) is 16.2 Å². The van der Waals surface area contributed by atoms with Crippen LogP contribution in [0.3, 0.4) is 0 Å². The summed E-state index contributed by atoms with van der Waals surface area (Å²) in [7, 11) is 0. The summed E-state index contributed by atoms with van der Waals surface area (Å²) < 4.78 is 1.91. The molecular formula is C18H12N4O2S. The second-order valence-electron chi connectivity index (χ2n) is 5.30. The number of thiophene rings is 1. The number of rotatable bonds is 4. The Morgan fingerprint density at radius 3 is 2.88 bits per heavy atom. The fourth-order valence-corrected chi connectivity index (χ4v) is 3.25. The monoisotopic (exact) mass is 348 g/mol. The van der Waals surface area contributed by atoms with Crippen LogP contribution in [-0.2, 0) is 0 Å². The van der Waals surface area contributed by atoms with Crippen molar-refractivity contribution in [3.05, 3.63) is 81.9 Å². The number of nitro benzene ring substituents is 1. The molecule has 3 heterocycles.